The molecular formula is C13H24ClNO2Si. The first-order chi connectivity index (χ1) is 7.92. The van der Waals surface area contributed by atoms with Gasteiger partial charge in [0, 0.05) is 12.6 Å². The minimum absolute atomic E-state index is 0. The van der Waals surface area contributed by atoms with Crippen molar-refractivity contribution in [3.05, 3.63) is 29.8 Å². The van der Waals surface area contributed by atoms with Crippen molar-refractivity contribution in [3.8, 4) is 5.75 Å². The van der Waals surface area contributed by atoms with Gasteiger partial charge in [-0.2, -0.15) is 0 Å². The number of rotatable bonds is 6. The molecule has 104 valence electrons. The smallest absolute Gasteiger partial charge is 0.242 e. The van der Waals surface area contributed by atoms with Gasteiger partial charge >= 0.3 is 0 Å². The standard InChI is InChI=1S/C13H23NO2Si.ClH/c1-17(2,3)16-12-8-6-11(7-9-12)13(14)5-4-10-15;/h6-9,13,15H,4-5,10,14H2,1-3H3;1H/t13-;/m0./s1. The molecule has 18 heavy (non-hydrogen) atoms. The van der Waals surface area contributed by atoms with E-state index in [4.69, 9.17) is 15.3 Å². The average molecular weight is 290 g/mol. The van der Waals surface area contributed by atoms with Crippen LogP contribution < -0.4 is 10.2 Å². The van der Waals surface area contributed by atoms with Gasteiger partial charge in [-0.3, -0.25) is 0 Å². The van der Waals surface area contributed by atoms with Gasteiger partial charge in [0.05, 0.1) is 0 Å². The van der Waals surface area contributed by atoms with Crippen molar-refractivity contribution in [2.45, 2.75) is 38.5 Å². The van der Waals surface area contributed by atoms with Crippen LogP contribution >= 0.6 is 12.4 Å². The molecule has 0 saturated heterocycles. The maximum absolute atomic E-state index is 8.76. The first-order valence-electron chi connectivity index (χ1n) is 6.08. The van der Waals surface area contributed by atoms with Crippen molar-refractivity contribution in [2.24, 2.45) is 5.73 Å². The molecule has 0 fully saturated rings. The SMILES string of the molecule is C[Si](C)(C)Oc1ccc([C@@H](N)CCCO)cc1.Cl. The summed E-state index contributed by atoms with van der Waals surface area (Å²) in [5, 5.41) is 8.76. The quantitative estimate of drug-likeness (QED) is 0.791. The minimum atomic E-state index is -1.53. The van der Waals surface area contributed by atoms with Crippen molar-refractivity contribution in [1.29, 1.82) is 0 Å². The van der Waals surface area contributed by atoms with Crippen molar-refractivity contribution in [1.82, 2.24) is 0 Å². The van der Waals surface area contributed by atoms with E-state index in [0.717, 1.165) is 24.2 Å². The zero-order chi connectivity index (χ0) is 12.9. The molecule has 0 saturated carbocycles. The summed E-state index contributed by atoms with van der Waals surface area (Å²) in [7, 11) is -1.53. The topological polar surface area (TPSA) is 55.5 Å². The van der Waals surface area contributed by atoms with Gasteiger partial charge in [0.1, 0.15) is 5.75 Å². The Morgan fingerprint density at radius 2 is 1.78 bits per heavy atom. The number of hydrogen-bond donors (Lipinski definition) is 2. The van der Waals surface area contributed by atoms with Gasteiger partial charge in [-0.1, -0.05) is 12.1 Å². The second-order valence-corrected chi connectivity index (χ2v) is 9.68. The summed E-state index contributed by atoms with van der Waals surface area (Å²) in [4.78, 5) is 0. The summed E-state index contributed by atoms with van der Waals surface area (Å²) in [6.07, 6.45) is 1.55. The molecule has 1 aromatic rings. The summed E-state index contributed by atoms with van der Waals surface area (Å²) < 4.78 is 5.88. The minimum Gasteiger partial charge on any atom is -0.544 e. The van der Waals surface area contributed by atoms with E-state index in [1.807, 2.05) is 24.3 Å². The number of nitrogens with two attached hydrogens (primary N) is 1. The number of halogens is 1. The fraction of sp³-hybridized carbons (Fsp3) is 0.538. The fourth-order valence-electron chi connectivity index (χ4n) is 1.61. The molecule has 0 aliphatic carbocycles. The molecule has 3 N–H and O–H groups in total. The van der Waals surface area contributed by atoms with Crippen LogP contribution in [-0.2, 0) is 0 Å². The highest BCUT2D eigenvalue weighted by Gasteiger charge is 2.16. The highest BCUT2D eigenvalue weighted by Crippen LogP contribution is 2.21. The maximum Gasteiger partial charge on any atom is 0.242 e. The van der Waals surface area contributed by atoms with Crippen molar-refractivity contribution in [3.63, 3.8) is 0 Å². The lowest BCUT2D eigenvalue weighted by atomic mass is 10.0. The Morgan fingerprint density at radius 1 is 1.22 bits per heavy atom. The molecule has 0 amide bonds. The molecule has 1 rings (SSSR count). The first kappa shape index (κ1) is 17.4. The molecule has 0 spiro atoms. The molecular weight excluding hydrogens is 266 g/mol. The predicted octanol–water partition coefficient (Wildman–Crippen LogP) is 3.09. The van der Waals surface area contributed by atoms with E-state index in [2.05, 4.69) is 19.6 Å². The molecule has 3 nitrogen and oxygen atoms in total. The summed E-state index contributed by atoms with van der Waals surface area (Å²) in [6, 6.07) is 7.98. The summed E-state index contributed by atoms with van der Waals surface area (Å²) >= 11 is 0. The molecule has 0 bridgehead atoms. The van der Waals surface area contributed by atoms with E-state index >= 15 is 0 Å². The number of aliphatic hydroxyl groups is 1. The molecule has 0 aromatic heterocycles. The largest absolute Gasteiger partial charge is 0.544 e. The van der Waals surface area contributed by atoms with Crippen molar-refractivity contribution >= 4 is 20.7 Å². The van der Waals surface area contributed by atoms with Gasteiger partial charge in [0.2, 0.25) is 8.32 Å². The zero-order valence-electron chi connectivity index (χ0n) is 11.3. The highest BCUT2D eigenvalue weighted by molar-refractivity contribution is 6.70. The van der Waals surface area contributed by atoms with Crippen LogP contribution in [0.4, 0.5) is 0 Å². The molecule has 1 aromatic carbocycles. The van der Waals surface area contributed by atoms with Crippen LogP contribution in [0.25, 0.3) is 0 Å². The van der Waals surface area contributed by atoms with Gasteiger partial charge in [-0.05, 0) is 50.2 Å². The fourth-order valence-corrected chi connectivity index (χ4v) is 2.46. The van der Waals surface area contributed by atoms with Gasteiger partial charge in [0.25, 0.3) is 0 Å². The molecule has 0 unspecified atom stereocenters. The van der Waals surface area contributed by atoms with Crippen LogP contribution in [0, 0.1) is 0 Å². The van der Waals surface area contributed by atoms with Crippen LogP contribution in [0.2, 0.25) is 19.6 Å². The second-order valence-electron chi connectivity index (χ2n) is 5.26. The Balaban J connectivity index is 0.00000289. The van der Waals surface area contributed by atoms with Crippen molar-refractivity contribution in [2.75, 3.05) is 6.61 Å². The molecule has 1 atom stereocenters. The molecule has 0 aliphatic heterocycles. The Kier molecular flexibility index (Phi) is 7.55. The van der Waals surface area contributed by atoms with Crippen LogP contribution in [-0.4, -0.2) is 20.0 Å². The van der Waals surface area contributed by atoms with E-state index in [0.29, 0.717) is 0 Å². The van der Waals surface area contributed by atoms with Crippen LogP contribution in [0.3, 0.4) is 0 Å². The lowest BCUT2D eigenvalue weighted by Gasteiger charge is -2.20. The van der Waals surface area contributed by atoms with E-state index in [1.165, 1.54) is 0 Å². The third-order valence-electron chi connectivity index (χ3n) is 2.41. The summed E-state index contributed by atoms with van der Waals surface area (Å²) in [5.41, 5.74) is 7.11. The number of hydrogen-bond acceptors (Lipinski definition) is 3. The van der Waals surface area contributed by atoms with Gasteiger partial charge in [-0.25, -0.2) is 0 Å². The van der Waals surface area contributed by atoms with Gasteiger partial charge in [-0.15, -0.1) is 12.4 Å². The number of aliphatic hydroxyl groups excluding tert-OH is 1. The summed E-state index contributed by atoms with van der Waals surface area (Å²) in [6.45, 7) is 6.68. The Bertz CT molecular complexity index is 338. The van der Waals surface area contributed by atoms with Gasteiger partial charge in [0.15, 0.2) is 0 Å². The second kappa shape index (κ2) is 7.79. The Hall–Kier alpha value is -0.553. The maximum atomic E-state index is 8.76. The normalized spacial score (nSPS) is 12.7. The van der Waals surface area contributed by atoms with Crippen LogP contribution in [0.1, 0.15) is 24.4 Å². The molecule has 0 aliphatic rings. The third kappa shape index (κ3) is 6.40. The van der Waals surface area contributed by atoms with E-state index in [1.54, 1.807) is 0 Å². The third-order valence-corrected chi connectivity index (χ3v) is 3.25. The van der Waals surface area contributed by atoms with E-state index in [-0.39, 0.29) is 25.1 Å². The summed E-state index contributed by atoms with van der Waals surface area (Å²) in [5.74, 6) is 0.919. The monoisotopic (exact) mass is 289 g/mol. The lowest BCUT2D eigenvalue weighted by molar-refractivity contribution is 0.280. The molecule has 0 radical (unpaired) electrons. The Labute approximate surface area is 117 Å². The lowest BCUT2D eigenvalue weighted by Crippen LogP contribution is -2.29. The van der Waals surface area contributed by atoms with Crippen LogP contribution in [0.15, 0.2) is 24.3 Å². The van der Waals surface area contributed by atoms with Crippen LogP contribution in [0.5, 0.6) is 5.75 Å². The number of benzene rings is 1. The van der Waals surface area contributed by atoms with Crippen molar-refractivity contribution < 1.29 is 9.53 Å². The first-order valence-corrected chi connectivity index (χ1v) is 9.48. The average Bonchev–Trinajstić information content (AvgIpc) is 2.24. The van der Waals surface area contributed by atoms with E-state index < -0.39 is 8.32 Å². The zero-order valence-corrected chi connectivity index (χ0v) is 13.2. The van der Waals surface area contributed by atoms with Gasteiger partial charge < -0.3 is 15.3 Å². The predicted molar refractivity (Wildman–Crippen MR) is 80.9 cm³/mol. The molecule has 5 heteroatoms. The Morgan fingerprint density at radius 3 is 2.22 bits per heavy atom. The molecule has 0 heterocycles. The highest BCUT2D eigenvalue weighted by atomic mass is 35.5. The van der Waals surface area contributed by atoms with E-state index in [9.17, 15) is 0 Å².